The maximum atomic E-state index is 13.8. The standard InChI is InChI=1S/C14H10ClF2N5O2/c1-7-20-21-12(24-7)6-18-10-5-19-22(14(23)13(10)15)11-3-2-8(16)4-9(11)17/h2-5,18H,6H2,1H3. The highest BCUT2D eigenvalue weighted by molar-refractivity contribution is 6.32. The van der Waals surface area contributed by atoms with E-state index in [1.165, 1.54) is 6.20 Å². The molecule has 0 unspecified atom stereocenters. The second kappa shape index (κ2) is 6.36. The number of halogens is 3. The van der Waals surface area contributed by atoms with E-state index in [1.54, 1.807) is 6.92 Å². The SMILES string of the molecule is Cc1nnc(CNc2cnn(-c3ccc(F)cc3F)c(=O)c2Cl)o1. The lowest BCUT2D eigenvalue weighted by atomic mass is 10.3. The number of aromatic nitrogens is 4. The van der Waals surface area contributed by atoms with Gasteiger partial charge in [0.25, 0.3) is 5.56 Å². The Kier molecular flexibility index (Phi) is 4.26. The van der Waals surface area contributed by atoms with Gasteiger partial charge >= 0.3 is 0 Å². The van der Waals surface area contributed by atoms with Gasteiger partial charge in [-0.3, -0.25) is 4.79 Å². The van der Waals surface area contributed by atoms with Crippen molar-refractivity contribution in [2.24, 2.45) is 0 Å². The minimum absolute atomic E-state index is 0.136. The molecule has 0 amide bonds. The molecule has 0 saturated heterocycles. The third-order valence-corrected chi connectivity index (χ3v) is 3.42. The number of anilines is 1. The van der Waals surface area contributed by atoms with Gasteiger partial charge in [-0.2, -0.15) is 9.78 Å². The molecule has 3 aromatic rings. The fraction of sp³-hybridized carbons (Fsp3) is 0.143. The van der Waals surface area contributed by atoms with E-state index in [1.807, 2.05) is 0 Å². The fourth-order valence-electron chi connectivity index (χ4n) is 1.96. The van der Waals surface area contributed by atoms with E-state index in [4.69, 9.17) is 16.0 Å². The lowest BCUT2D eigenvalue weighted by molar-refractivity contribution is 0.474. The summed E-state index contributed by atoms with van der Waals surface area (Å²) in [6, 6.07) is 2.77. The molecule has 0 fully saturated rings. The Morgan fingerprint density at radius 3 is 2.79 bits per heavy atom. The zero-order chi connectivity index (χ0) is 17.3. The van der Waals surface area contributed by atoms with Crippen molar-refractivity contribution in [2.75, 3.05) is 5.32 Å². The zero-order valence-corrected chi connectivity index (χ0v) is 13.0. The van der Waals surface area contributed by atoms with Crippen LogP contribution in [0.1, 0.15) is 11.8 Å². The molecule has 0 bridgehead atoms. The number of hydrogen-bond donors (Lipinski definition) is 1. The van der Waals surface area contributed by atoms with Crippen LogP contribution in [-0.2, 0) is 6.54 Å². The van der Waals surface area contributed by atoms with Crippen molar-refractivity contribution in [1.82, 2.24) is 20.0 Å². The summed E-state index contributed by atoms with van der Waals surface area (Å²) in [5, 5.41) is 13.9. The van der Waals surface area contributed by atoms with E-state index in [9.17, 15) is 13.6 Å². The van der Waals surface area contributed by atoms with Gasteiger partial charge in [0.1, 0.15) is 16.5 Å². The van der Waals surface area contributed by atoms with Crippen molar-refractivity contribution in [1.29, 1.82) is 0 Å². The number of rotatable bonds is 4. The van der Waals surface area contributed by atoms with Gasteiger partial charge in [0.15, 0.2) is 5.82 Å². The minimum atomic E-state index is -0.928. The summed E-state index contributed by atoms with van der Waals surface area (Å²) in [6.07, 6.45) is 1.25. The van der Waals surface area contributed by atoms with E-state index in [2.05, 4.69) is 20.6 Å². The Bertz CT molecular complexity index is 957. The Morgan fingerprint density at radius 1 is 1.33 bits per heavy atom. The van der Waals surface area contributed by atoms with Gasteiger partial charge in [0.2, 0.25) is 11.8 Å². The number of aryl methyl sites for hydroxylation is 1. The molecule has 3 rings (SSSR count). The lowest BCUT2D eigenvalue weighted by Crippen LogP contribution is -2.23. The maximum absolute atomic E-state index is 13.8. The van der Waals surface area contributed by atoms with E-state index in [0.29, 0.717) is 17.8 Å². The molecule has 0 aliphatic heterocycles. The van der Waals surface area contributed by atoms with Gasteiger partial charge in [-0.05, 0) is 12.1 Å². The fourth-order valence-corrected chi connectivity index (χ4v) is 2.16. The van der Waals surface area contributed by atoms with Gasteiger partial charge in [-0.1, -0.05) is 11.6 Å². The molecule has 7 nitrogen and oxygen atoms in total. The minimum Gasteiger partial charge on any atom is -0.424 e. The van der Waals surface area contributed by atoms with Crippen LogP contribution in [0.3, 0.4) is 0 Å². The second-order valence-electron chi connectivity index (χ2n) is 4.75. The molecule has 0 aliphatic carbocycles. The van der Waals surface area contributed by atoms with Gasteiger partial charge in [0, 0.05) is 13.0 Å². The highest BCUT2D eigenvalue weighted by Gasteiger charge is 2.14. The van der Waals surface area contributed by atoms with Crippen molar-refractivity contribution in [2.45, 2.75) is 13.5 Å². The molecule has 10 heteroatoms. The number of nitrogens with zero attached hydrogens (tertiary/aromatic N) is 4. The highest BCUT2D eigenvalue weighted by Crippen LogP contribution is 2.19. The van der Waals surface area contributed by atoms with E-state index in [0.717, 1.165) is 16.8 Å². The summed E-state index contributed by atoms with van der Waals surface area (Å²) in [4.78, 5) is 12.3. The molecule has 0 atom stereocenters. The molecule has 0 aliphatic rings. The normalized spacial score (nSPS) is 10.8. The first-order valence-corrected chi connectivity index (χ1v) is 7.09. The average Bonchev–Trinajstić information content (AvgIpc) is 2.95. The third-order valence-electron chi connectivity index (χ3n) is 3.05. The van der Waals surface area contributed by atoms with Crippen LogP contribution in [0.25, 0.3) is 5.69 Å². The quantitative estimate of drug-likeness (QED) is 0.775. The molecule has 2 heterocycles. The van der Waals surface area contributed by atoms with Gasteiger partial charge in [-0.25, -0.2) is 8.78 Å². The predicted octanol–water partition coefficient (Wildman–Crippen LogP) is 2.47. The van der Waals surface area contributed by atoms with Crippen LogP contribution in [0, 0.1) is 18.6 Å². The summed E-state index contributed by atoms with van der Waals surface area (Å²) >= 11 is 6.00. The Morgan fingerprint density at radius 2 is 2.12 bits per heavy atom. The molecule has 0 spiro atoms. The first kappa shape index (κ1) is 16.1. The monoisotopic (exact) mass is 353 g/mol. The van der Waals surface area contributed by atoms with Crippen LogP contribution in [-0.4, -0.2) is 20.0 Å². The summed E-state index contributed by atoms with van der Waals surface area (Å²) in [6.45, 7) is 1.78. The molecule has 1 aromatic carbocycles. The van der Waals surface area contributed by atoms with Gasteiger partial charge in [0.05, 0.1) is 18.4 Å². The largest absolute Gasteiger partial charge is 0.424 e. The Labute approximate surface area is 138 Å². The first-order valence-electron chi connectivity index (χ1n) is 6.72. The van der Waals surface area contributed by atoms with Crippen LogP contribution < -0.4 is 10.9 Å². The molecular formula is C14H10ClF2N5O2. The Balaban J connectivity index is 1.90. The summed E-state index contributed by atoms with van der Waals surface area (Å²) < 4.78 is 32.7. The van der Waals surface area contributed by atoms with Crippen LogP contribution >= 0.6 is 11.6 Å². The van der Waals surface area contributed by atoms with Crippen LogP contribution in [0.4, 0.5) is 14.5 Å². The molecule has 124 valence electrons. The average molecular weight is 354 g/mol. The maximum Gasteiger partial charge on any atom is 0.292 e. The summed E-state index contributed by atoms with van der Waals surface area (Å²) in [5.74, 6) is -0.984. The number of hydrogen-bond acceptors (Lipinski definition) is 6. The lowest BCUT2D eigenvalue weighted by Gasteiger charge is -2.09. The van der Waals surface area contributed by atoms with Crippen molar-refractivity contribution >= 4 is 17.3 Å². The zero-order valence-electron chi connectivity index (χ0n) is 12.3. The first-order chi connectivity index (χ1) is 11.5. The van der Waals surface area contributed by atoms with Crippen molar-refractivity contribution in [3.63, 3.8) is 0 Å². The molecular weight excluding hydrogens is 344 g/mol. The Hall–Kier alpha value is -2.81. The topological polar surface area (TPSA) is 85.8 Å². The smallest absolute Gasteiger partial charge is 0.292 e. The van der Waals surface area contributed by atoms with Crippen molar-refractivity contribution in [3.8, 4) is 5.69 Å². The molecule has 0 radical (unpaired) electrons. The predicted molar refractivity (Wildman–Crippen MR) is 81.1 cm³/mol. The van der Waals surface area contributed by atoms with Crippen LogP contribution in [0.15, 0.2) is 33.6 Å². The molecule has 1 N–H and O–H groups in total. The van der Waals surface area contributed by atoms with Crippen molar-refractivity contribution in [3.05, 3.63) is 63.2 Å². The van der Waals surface area contributed by atoms with E-state index in [-0.39, 0.29) is 22.9 Å². The number of benzene rings is 1. The molecule has 0 saturated carbocycles. The second-order valence-corrected chi connectivity index (χ2v) is 5.13. The van der Waals surface area contributed by atoms with Crippen molar-refractivity contribution < 1.29 is 13.2 Å². The van der Waals surface area contributed by atoms with E-state index >= 15 is 0 Å². The van der Waals surface area contributed by atoms with Gasteiger partial charge in [-0.15, -0.1) is 10.2 Å². The third kappa shape index (κ3) is 3.11. The van der Waals surface area contributed by atoms with Gasteiger partial charge < -0.3 is 9.73 Å². The molecule has 2 aromatic heterocycles. The van der Waals surface area contributed by atoms with E-state index < -0.39 is 17.2 Å². The summed E-state index contributed by atoms with van der Waals surface area (Å²) in [7, 11) is 0. The summed E-state index contributed by atoms with van der Waals surface area (Å²) in [5.41, 5.74) is -0.743. The van der Waals surface area contributed by atoms with Crippen LogP contribution in [0.5, 0.6) is 0 Å². The van der Waals surface area contributed by atoms with Crippen LogP contribution in [0.2, 0.25) is 5.02 Å². The number of nitrogens with one attached hydrogen (secondary N) is 1. The molecule has 24 heavy (non-hydrogen) atoms. The highest BCUT2D eigenvalue weighted by atomic mass is 35.5.